The van der Waals surface area contributed by atoms with Crippen LogP contribution >= 0.6 is 0 Å². The van der Waals surface area contributed by atoms with Gasteiger partial charge in [-0.15, -0.1) is 0 Å². The molecule has 1 fully saturated rings. The van der Waals surface area contributed by atoms with Crippen molar-refractivity contribution in [2.75, 3.05) is 19.8 Å². The molecule has 0 aromatic heterocycles. The van der Waals surface area contributed by atoms with Crippen molar-refractivity contribution in [1.29, 1.82) is 0 Å². The van der Waals surface area contributed by atoms with Crippen molar-refractivity contribution < 1.29 is 4.74 Å². The largest absolute Gasteiger partial charge is 0.380 e. The van der Waals surface area contributed by atoms with E-state index in [2.05, 4.69) is 12.2 Å². The van der Waals surface area contributed by atoms with Gasteiger partial charge >= 0.3 is 0 Å². The summed E-state index contributed by atoms with van der Waals surface area (Å²) in [6.45, 7) is 5.14. The molecule has 0 bridgehead atoms. The van der Waals surface area contributed by atoms with Crippen molar-refractivity contribution in [2.24, 2.45) is 0 Å². The summed E-state index contributed by atoms with van der Waals surface area (Å²) in [6.07, 6.45) is 12.2. The Bertz CT molecular complexity index is 144. The van der Waals surface area contributed by atoms with Gasteiger partial charge in [-0.3, -0.25) is 0 Å². The van der Waals surface area contributed by atoms with Crippen LogP contribution < -0.4 is 5.32 Å². The lowest BCUT2D eigenvalue weighted by Gasteiger charge is -2.11. The molecule has 2 heteroatoms. The average Bonchev–Trinajstić information content (AvgIpc) is 2.80. The highest BCUT2D eigenvalue weighted by molar-refractivity contribution is 4.72. The van der Waals surface area contributed by atoms with Crippen LogP contribution in [0.4, 0.5) is 0 Å². The number of hydrogen-bond donors (Lipinski definition) is 1. The SMILES string of the molecule is CCCCCCCOCCNC1CCCC1. The predicted molar refractivity (Wildman–Crippen MR) is 69.8 cm³/mol. The fraction of sp³-hybridized carbons (Fsp3) is 1.00. The van der Waals surface area contributed by atoms with E-state index in [0.717, 1.165) is 25.8 Å². The maximum atomic E-state index is 5.61. The summed E-state index contributed by atoms with van der Waals surface area (Å²) in [6, 6.07) is 0.785. The molecule has 2 nitrogen and oxygen atoms in total. The molecule has 0 amide bonds. The van der Waals surface area contributed by atoms with E-state index in [4.69, 9.17) is 4.74 Å². The van der Waals surface area contributed by atoms with E-state index < -0.39 is 0 Å². The third-order valence-corrected chi connectivity index (χ3v) is 3.43. The zero-order valence-corrected chi connectivity index (χ0v) is 11.0. The van der Waals surface area contributed by atoms with Gasteiger partial charge in [0.05, 0.1) is 6.61 Å². The van der Waals surface area contributed by atoms with Crippen LogP contribution in [0.15, 0.2) is 0 Å². The second-order valence-corrected chi connectivity index (χ2v) is 4.96. The summed E-state index contributed by atoms with van der Waals surface area (Å²) in [7, 11) is 0. The normalized spacial score (nSPS) is 17.1. The number of unbranched alkanes of at least 4 members (excludes halogenated alkanes) is 4. The van der Waals surface area contributed by atoms with Crippen molar-refractivity contribution in [1.82, 2.24) is 5.32 Å². The van der Waals surface area contributed by atoms with Crippen LogP contribution in [0.1, 0.15) is 64.7 Å². The van der Waals surface area contributed by atoms with Crippen LogP contribution in [0.3, 0.4) is 0 Å². The van der Waals surface area contributed by atoms with E-state index in [-0.39, 0.29) is 0 Å². The average molecular weight is 227 g/mol. The summed E-state index contributed by atoms with van der Waals surface area (Å²) in [5, 5.41) is 3.57. The van der Waals surface area contributed by atoms with Gasteiger partial charge in [-0.05, 0) is 19.3 Å². The maximum Gasteiger partial charge on any atom is 0.0590 e. The van der Waals surface area contributed by atoms with E-state index in [1.807, 2.05) is 0 Å². The first kappa shape index (κ1) is 14.0. The molecular formula is C14H29NO. The van der Waals surface area contributed by atoms with E-state index >= 15 is 0 Å². The molecule has 0 saturated heterocycles. The number of ether oxygens (including phenoxy) is 1. The zero-order valence-electron chi connectivity index (χ0n) is 11.0. The lowest BCUT2D eigenvalue weighted by molar-refractivity contribution is 0.129. The minimum absolute atomic E-state index is 0.785. The van der Waals surface area contributed by atoms with Gasteiger partial charge < -0.3 is 10.1 Å². The monoisotopic (exact) mass is 227 g/mol. The van der Waals surface area contributed by atoms with E-state index in [1.165, 1.54) is 57.8 Å². The van der Waals surface area contributed by atoms with E-state index in [9.17, 15) is 0 Å². The van der Waals surface area contributed by atoms with Gasteiger partial charge in [-0.2, -0.15) is 0 Å². The smallest absolute Gasteiger partial charge is 0.0590 e. The van der Waals surface area contributed by atoms with Crippen LogP contribution in [0.2, 0.25) is 0 Å². The van der Waals surface area contributed by atoms with Crippen molar-refractivity contribution in [3.05, 3.63) is 0 Å². The first-order chi connectivity index (χ1) is 7.93. The predicted octanol–water partition coefficient (Wildman–Crippen LogP) is 3.51. The van der Waals surface area contributed by atoms with E-state index in [0.29, 0.717) is 0 Å². The summed E-state index contributed by atoms with van der Waals surface area (Å²) >= 11 is 0. The Morgan fingerprint density at radius 1 is 1.00 bits per heavy atom. The fourth-order valence-electron chi connectivity index (χ4n) is 2.37. The molecule has 1 N–H and O–H groups in total. The van der Waals surface area contributed by atoms with Crippen molar-refractivity contribution >= 4 is 0 Å². The zero-order chi connectivity index (χ0) is 11.5. The highest BCUT2D eigenvalue weighted by Crippen LogP contribution is 2.17. The first-order valence-corrected chi connectivity index (χ1v) is 7.24. The Labute approximate surface area is 101 Å². The van der Waals surface area contributed by atoms with Crippen LogP contribution in [-0.4, -0.2) is 25.8 Å². The highest BCUT2D eigenvalue weighted by atomic mass is 16.5. The first-order valence-electron chi connectivity index (χ1n) is 7.24. The highest BCUT2D eigenvalue weighted by Gasteiger charge is 2.12. The summed E-state index contributed by atoms with van der Waals surface area (Å²) in [5.41, 5.74) is 0. The molecule has 0 aliphatic heterocycles. The molecule has 0 heterocycles. The third-order valence-electron chi connectivity index (χ3n) is 3.43. The lowest BCUT2D eigenvalue weighted by Crippen LogP contribution is -2.29. The topological polar surface area (TPSA) is 21.3 Å². The quantitative estimate of drug-likeness (QED) is 0.577. The van der Waals surface area contributed by atoms with Gasteiger partial charge in [-0.25, -0.2) is 0 Å². The van der Waals surface area contributed by atoms with Crippen LogP contribution in [0.5, 0.6) is 0 Å². The standard InChI is InChI=1S/C14H29NO/c1-2-3-4-5-8-12-16-13-11-15-14-9-6-7-10-14/h14-15H,2-13H2,1H3. The Morgan fingerprint density at radius 2 is 1.75 bits per heavy atom. The fourth-order valence-corrected chi connectivity index (χ4v) is 2.37. The summed E-state index contributed by atoms with van der Waals surface area (Å²) in [4.78, 5) is 0. The molecular weight excluding hydrogens is 198 g/mol. The van der Waals surface area contributed by atoms with Crippen LogP contribution in [-0.2, 0) is 4.74 Å². The van der Waals surface area contributed by atoms with Crippen molar-refractivity contribution in [3.63, 3.8) is 0 Å². The Kier molecular flexibility index (Phi) is 8.83. The molecule has 1 aliphatic carbocycles. The van der Waals surface area contributed by atoms with E-state index in [1.54, 1.807) is 0 Å². The molecule has 0 aromatic carbocycles. The van der Waals surface area contributed by atoms with Crippen LogP contribution in [0.25, 0.3) is 0 Å². The van der Waals surface area contributed by atoms with Gasteiger partial charge in [0.25, 0.3) is 0 Å². The van der Waals surface area contributed by atoms with Gasteiger partial charge in [0.1, 0.15) is 0 Å². The number of rotatable bonds is 10. The Hall–Kier alpha value is -0.0800. The molecule has 16 heavy (non-hydrogen) atoms. The van der Waals surface area contributed by atoms with Crippen molar-refractivity contribution in [3.8, 4) is 0 Å². The van der Waals surface area contributed by atoms with Crippen LogP contribution in [0, 0.1) is 0 Å². The molecule has 1 rings (SSSR count). The molecule has 0 atom stereocenters. The Balaban J connectivity index is 1.71. The molecule has 0 spiro atoms. The summed E-state index contributed by atoms with van der Waals surface area (Å²) in [5.74, 6) is 0. The van der Waals surface area contributed by atoms with Gasteiger partial charge in [0.15, 0.2) is 0 Å². The molecule has 1 saturated carbocycles. The second kappa shape index (κ2) is 10.1. The molecule has 0 unspecified atom stereocenters. The minimum Gasteiger partial charge on any atom is -0.380 e. The number of nitrogens with one attached hydrogen (secondary N) is 1. The molecule has 1 aliphatic rings. The second-order valence-electron chi connectivity index (χ2n) is 4.96. The minimum atomic E-state index is 0.785. The molecule has 0 aromatic rings. The van der Waals surface area contributed by atoms with Gasteiger partial charge in [0, 0.05) is 19.2 Å². The lowest BCUT2D eigenvalue weighted by atomic mass is 10.2. The summed E-state index contributed by atoms with van der Waals surface area (Å²) < 4.78 is 5.61. The number of hydrogen-bond acceptors (Lipinski definition) is 2. The maximum absolute atomic E-state index is 5.61. The Morgan fingerprint density at radius 3 is 2.50 bits per heavy atom. The van der Waals surface area contributed by atoms with Gasteiger partial charge in [0.2, 0.25) is 0 Å². The third kappa shape index (κ3) is 7.24. The molecule has 96 valence electrons. The van der Waals surface area contributed by atoms with Crippen molar-refractivity contribution in [2.45, 2.75) is 70.8 Å². The van der Waals surface area contributed by atoms with Gasteiger partial charge in [-0.1, -0.05) is 45.4 Å². The molecule has 0 radical (unpaired) electrons.